The molecule has 1 amide bonds. The monoisotopic (exact) mass is 270 g/mol. The number of phenols is 1. The van der Waals surface area contributed by atoms with Gasteiger partial charge in [0.25, 0.3) is 0 Å². The molecule has 20 heavy (non-hydrogen) atoms. The van der Waals surface area contributed by atoms with Crippen molar-refractivity contribution in [3.05, 3.63) is 65.7 Å². The molecule has 0 fully saturated rings. The Labute approximate surface area is 118 Å². The van der Waals surface area contributed by atoms with Crippen LogP contribution in [0.1, 0.15) is 17.2 Å². The Morgan fingerprint density at radius 1 is 1.10 bits per heavy atom. The van der Waals surface area contributed by atoms with Crippen molar-refractivity contribution < 1.29 is 9.90 Å². The van der Waals surface area contributed by atoms with Gasteiger partial charge in [-0.25, -0.2) is 0 Å². The zero-order chi connectivity index (χ0) is 14.4. The van der Waals surface area contributed by atoms with Crippen LogP contribution in [0.3, 0.4) is 0 Å². The highest BCUT2D eigenvalue weighted by Crippen LogP contribution is 2.21. The van der Waals surface area contributed by atoms with Crippen LogP contribution < -0.4 is 11.1 Å². The van der Waals surface area contributed by atoms with Crippen LogP contribution in [0, 0.1) is 0 Å². The highest BCUT2D eigenvalue weighted by Gasteiger charge is 2.17. The molecule has 2 aromatic carbocycles. The molecule has 4 nitrogen and oxygen atoms in total. The molecule has 0 heterocycles. The summed E-state index contributed by atoms with van der Waals surface area (Å²) in [5, 5.41) is 12.5. The van der Waals surface area contributed by atoms with Crippen molar-refractivity contribution in [1.29, 1.82) is 0 Å². The van der Waals surface area contributed by atoms with Gasteiger partial charge in [-0.15, -0.1) is 0 Å². The number of hydrogen-bond donors (Lipinski definition) is 3. The number of amides is 1. The fraction of sp³-hybridized carbons (Fsp3) is 0.188. The van der Waals surface area contributed by atoms with E-state index in [4.69, 9.17) is 5.73 Å². The number of nitrogens with two attached hydrogens (primary N) is 1. The van der Waals surface area contributed by atoms with Crippen LogP contribution in [0.2, 0.25) is 0 Å². The predicted molar refractivity (Wildman–Crippen MR) is 78.2 cm³/mol. The van der Waals surface area contributed by atoms with E-state index in [1.807, 2.05) is 30.3 Å². The van der Waals surface area contributed by atoms with E-state index in [2.05, 4.69) is 5.32 Å². The first kappa shape index (κ1) is 14.1. The second-order valence-electron chi connectivity index (χ2n) is 4.56. The van der Waals surface area contributed by atoms with Gasteiger partial charge in [0.2, 0.25) is 5.91 Å². The van der Waals surface area contributed by atoms with Crippen molar-refractivity contribution in [3.63, 3.8) is 0 Å². The molecule has 0 aliphatic rings. The number of benzene rings is 2. The van der Waals surface area contributed by atoms with Gasteiger partial charge in [-0.3, -0.25) is 4.79 Å². The lowest BCUT2D eigenvalue weighted by atomic mass is 10.1. The van der Waals surface area contributed by atoms with E-state index in [0.29, 0.717) is 12.1 Å². The van der Waals surface area contributed by atoms with Gasteiger partial charge in [0, 0.05) is 12.1 Å². The fourth-order valence-electron chi connectivity index (χ4n) is 1.98. The number of para-hydroxylation sites is 1. The minimum absolute atomic E-state index is 0.0400. The number of phenolic OH excluding ortho intramolecular Hbond substituents is 1. The average Bonchev–Trinajstić information content (AvgIpc) is 2.48. The molecule has 2 rings (SSSR count). The van der Waals surface area contributed by atoms with E-state index >= 15 is 0 Å². The SMILES string of the molecule is NC(C(=O)NCCc1ccccc1)c1ccccc1O. The van der Waals surface area contributed by atoms with E-state index in [9.17, 15) is 9.90 Å². The van der Waals surface area contributed by atoms with Gasteiger partial charge in [0.1, 0.15) is 11.8 Å². The van der Waals surface area contributed by atoms with Crippen LogP contribution in [-0.2, 0) is 11.2 Å². The molecule has 0 aliphatic carbocycles. The number of nitrogens with one attached hydrogen (secondary N) is 1. The highest BCUT2D eigenvalue weighted by atomic mass is 16.3. The highest BCUT2D eigenvalue weighted by molar-refractivity contribution is 5.83. The first-order valence-electron chi connectivity index (χ1n) is 6.53. The third-order valence-corrected chi connectivity index (χ3v) is 3.11. The molecular formula is C16H18N2O2. The van der Waals surface area contributed by atoms with Gasteiger partial charge in [0.05, 0.1) is 0 Å². The molecule has 0 saturated heterocycles. The quantitative estimate of drug-likeness (QED) is 0.774. The lowest BCUT2D eigenvalue weighted by Crippen LogP contribution is -2.35. The number of aromatic hydroxyl groups is 1. The molecular weight excluding hydrogens is 252 g/mol. The molecule has 4 heteroatoms. The van der Waals surface area contributed by atoms with Crippen molar-refractivity contribution >= 4 is 5.91 Å². The topological polar surface area (TPSA) is 75.4 Å². The Morgan fingerprint density at radius 2 is 1.75 bits per heavy atom. The summed E-state index contributed by atoms with van der Waals surface area (Å²) < 4.78 is 0. The summed E-state index contributed by atoms with van der Waals surface area (Å²) in [6.07, 6.45) is 0.750. The third kappa shape index (κ3) is 3.59. The Bertz CT molecular complexity index is 570. The van der Waals surface area contributed by atoms with Crippen molar-refractivity contribution in [2.45, 2.75) is 12.5 Å². The number of carbonyl (C=O) groups excluding carboxylic acids is 1. The maximum atomic E-state index is 11.9. The summed E-state index contributed by atoms with van der Waals surface area (Å²) in [6, 6.07) is 15.6. The number of hydrogen-bond acceptors (Lipinski definition) is 3. The van der Waals surface area contributed by atoms with Crippen molar-refractivity contribution in [3.8, 4) is 5.75 Å². The van der Waals surface area contributed by atoms with E-state index < -0.39 is 6.04 Å². The molecule has 104 valence electrons. The van der Waals surface area contributed by atoms with Gasteiger partial charge in [-0.05, 0) is 18.1 Å². The van der Waals surface area contributed by atoms with Gasteiger partial charge >= 0.3 is 0 Å². The Balaban J connectivity index is 1.87. The molecule has 0 bridgehead atoms. The standard InChI is InChI=1S/C16H18N2O2/c17-15(13-8-4-5-9-14(13)19)16(20)18-11-10-12-6-2-1-3-7-12/h1-9,15,19H,10-11,17H2,(H,18,20). The minimum Gasteiger partial charge on any atom is -0.508 e. The maximum absolute atomic E-state index is 11.9. The molecule has 0 saturated carbocycles. The second-order valence-corrected chi connectivity index (χ2v) is 4.56. The Morgan fingerprint density at radius 3 is 2.45 bits per heavy atom. The van der Waals surface area contributed by atoms with Crippen LogP contribution in [-0.4, -0.2) is 17.6 Å². The van der Waals surface area contributed by atoms with Gasteiger partial charge in [0.15, 0.2) is 0 Å². The zero-order valence-electron chi connectivity index (χ0n) is 11.1. The number of rotatable bonds is 5. The van der Waals surface area contributed by atoms with Crippen molar-refractivity contribution in [1.82, 2.24) is 5.32 Å². The van der Waals surface area contributed by atoms with Crippen LogP contribution in [0.25, 0.3) is 0 Å². The summed E-state index contributed by atoms with van der Waals surface area (Å²) >= 11 is 0. The summed E-state index contributed by atoms with van der Waals surface area (Å²) in [6.45, 7) is 0.518. The minimum atomic E-state index is -0.855. The molecule has 0 spiro atoms. The smallest absolute Gasteiger partial charge is 0.241 e. The fourth-order valence-corrected chi connectivity index (χ4v) is 1.98. The average molecular weight is 270 g/mol. The van der Waals surface area contributed by atoms with Crippen molar-refractivity contribution in [2.24, 2.45) is 5.73 Å². The maximum Gasteiger partial charge on any atom is 0.241 e. The van der Waals surface area contributed by atoms with Gasteiger partial charge in [-0.1, -0.05) is 48.5 Å². The van der Waals surface area contributed by atoms with E-state index in [-0.39, 0.29) is 11.7 Å². The van der Waals surface area contributed by atoms with Gasteiger partial charge in [-0.2, -0.15) is 0 Å². The van der Waals surface area contributed by atoms with Crippen LogP contribution in [0.15, 0.2) is 54.6 Å². The van der Waals surface area contributed by atoms with Crippen LogP contribution >= 0.6 is 0 Å². The van der Waals surface area contributed by atoms with Crippen LogP contribution in [0.5, 0.6) is 5.75 Å². The third-order valence-electron chi connectivity index (χ3n) is 3.11. The first-order valence-corrected chi connectivity index (χ1v) is 6.53. The molecule has 0 aromatic heterocycles. The molecule has 1 unspecified atom stereocenters. The molecule has 1 atom stereocenters. The van der Waals surface area contributed by atoms with Crippen molar-refractivity contribution in [2.75, 3.05) is 6.54 Å². The van der Waals surface area contributed by atoms with E-state index in [1.165, 1.54) is 6.07 Å². The molecule has 0 radical (unpaired) electrons. The van der Waals surface area contributed by atoms with E-state index in [0.717, 1.165) is 12.0 Å². The summed E-state index contributed by atoms with van der Waals surface area (Å²) in [4.78, 5) is 11.9. The lowest BCUT2D eigenvalue weighted by molar-refractivity contribution is -0.122. The summed E-state index contributed by atoms with van der Waals surface area (Å²) in [5.74, 6) is -0.249. The molecule has 4 N–H and O–H groups in total. The lowest BCUT2D eigenvalue weighted by Gasteiger charge is -2.13. The Hall–Kier alpha value is -2.33. The molecule has 2 aromatic rings. The normalized spacial score (nSPS) is 11.8. The first-order chi connectivity index (χ1) is 9.68. The van der Waals surface area contributed by atoms with Crippen LogP contribution in [0.4, 0.5) is 0 Å². The van der Waals surface area contributed by atoms with Gasteiger partial charge < -0.3 is 16.2 Å². The summed E-state index contributed by atoms with van der Waals surface area (Å²) in [7, 11) is 0. The van der Waals surface area contributed by atoms with E-state index in [1.54, 1.807) is 18.2 Å². The predicted octanol–water partition coefficient (Wildman–Crippen LogP) is 1.75. The largest absolute Gasteiger partial charge is 0.508 e. The number of carbonyl (C=O) groups is 1. The second kappa shape index (κ2) is 6.73. The molecule has 0 aliphatic heterocycles. The summed E-state index contributed by atoms with van der Waals surface area (Å²) in [5.41, 5.74) is 7.44. The Kier molecular flexibility index (Phi) is 4.74. The zero-order valence-corrected chi connectivity index (χ0v) is 11.1.